The molecule has 1 amide bonds. The van der Waals surface area contributed by atoms with Crippen LogP contribution in [0.5, 0.6) is 0 Å². The minimum absolute atomic E-state index is 0.0441. The van der Waals surface area contributed by atoms with Crippen molar-refractivity contribution in [2.75, 3.05) is 0 Å². The molecule has 0 saturated heterocycles. The number of hydrogen-bond acceptors (Lipinski definition) is 2. The molecular formula is C14H18BrN3OS. The van der Waals surface area contributed by atoms with Crippen molar-refractivity contribution < 1.29 is 4.79 Å². The predicted molar refractivity (Wildman–Crippen MR) is 87.4 cm³/mol. The summed E-state index contributed by atoms with van der Waals surface area (Å²) in [5.41, 5.74) is 1.58. The molecule has 0 radical (unpaired) electrons. The molecule has 0 saturated carbocycles. The average molecular weight is 356 g/mol. The summed E-state index contributed by atoms with van der Waals surface area (Å²) in [5.74, 6) is -0.0441. The maximum Gasteiger partial charge on any atom is 0.243 e. The van der Waals surface area contributed by atoms with Gasteiger partial charge in [-0.25, -0.2) is 0 Å². The van der Waals surface area contributed by atoms with Gasteiger partial charge in [0, 0.05) is 10.0 Å². The van der Waals surface area contributed by atoms with E-state index in [1.54, 1.807) is 0 Å². The number of hydrogen-bond donors (Lipinski definition) is 2. The first kappa shape index (κ1) is 15.3. The molecule has 0 spiro atoms. The van der Waals surface area contributed by atoms with Gasteiger partial charge in [0.25, 0.3) is 0 Å². The lowest BCUT2D eigenvalue weighted by atomic mass is 10.1. The molecule has 1 aromatic carbocycles. The Bertz CT molecular complexity index is 711. The molecule has 0 aliphatic heterocycles. The van der Waals surface area contributed by atoms with Gasteiger partial charge in [0.15, 0.2) is 4.77 Å². The van der Waals surface area contributed by atoms with Crippen molar-refractivity contribution in [2.24, 2.45) is 0 Å². The van der Waals surface area contributed by atoms with Crippen LogP contribution < -0.4 is 5.32 Å². The van der Waals surface area contributed by atoms with E-state index in [9.17, 15) is 4.79 Å². The summed E-state index contributed by atoms with van der Waals surface area (Å²) in [6, 6.07) is 5.48. The third-order valence-electron chi connectivity index (χ3n) is 2.94. The predicted octanol–water partition coefficient (Wildman–Crippen LogP) is 3.94. The van der Waals surface area contributed by atoms with Gasteiger partial charge in [-0.05, 0) is 58.1 Å². The highest BCUT2D eigenvalue weighted by Crippen LogP contribution is 2.23. The highest BCUT2D eigenvalue weighted by Gasteiger charge is 2.22. The van der Waals surface area contributed by atoms with E-state index in [1.165, 1.54) is 0 Å². The summed E-state index contributed by atoms with van der Waals surface area (Å²) >= 11 is 8.77. The van der Waals surface area contributed by atoms with E-state index in [1.807, 2.05) is 50.5 Å². The molecule has 0 aliphatic carbocycles. The largest absolute Gasteiger partial charge is 0.350 e. The molecular weight excluding hydrogens is 338 g/mol. The molecule has 0 aliphatic rings. The minimum Gasteiger partial charge on any atom is -0.350 e. The second-order valence-corrected chi connectivity index (χ2v) is 7.18. The number of aromatic amines is 1. The van der Waals surface area contributed by atoms with Crippen LogP contribution in [0, 0.1) is 4.77 Å². The Morgan fingerprint density at radius 3 is 2.70 bits per heavy atom. The molecule has 1 atom stereocenters. The lowest BCUT2D eigenvalue weighted by Gasteiger charge is -2.24. The molecule has 0 bridgehead atoms. The summed E-state index contributed by atoms with van der Waals surface area (Å²) in [5, 5.41) is 2.98. The first-order valence-electron chi connectivity index (χ1n) is 6.41. The Hall–Kier alpha value is -1.14. The van der Waals surface area contributed by atoms with Crippen LogP contribution in [0.1, 0.15) is 33.7 Å². The topological polar surface area (TPSA) is 49.8 Å². The summed E-state index contributed by atoms with van der Waals surface area (Å²) in [7, 11) is 0. The highest BCUT2D eigenvalue weighted by molar-refractivity contribution is 9.10. The van der Waals surface area contributed by atoms with Gasteiger partial charge in [-0.3, -0.25) is 4.79 Å². The van der Waals surface area contributed by atoms with Crippen LogP contribution in [0.4, 0.5) is 0 Å². The molecule has 1 heterocycles. The summed E-state index contributed by atoms with van der Waals surface area (Å²) in [6.45, 7) is 7.74. The molecule has 0 fully saturated rings. The van der Waals surface area contributed by atoms with Crippen molar-refractivity contribution in [1.82, 2.24) is 14.9 Å². The van der Waals surface area contributed by atoms with Gasteiger partial charge in [0.05, 0.1) is 11.0 Å². The van der Waals surface area contributed by atoms with E-state index in [0.717, 1.165) is 15.5 Å². The fraction of sp³-hybridized carbons (Fsp3) is 0.429. The zero-order valence-electron chi connectivity index (χ0n) is 12.0. The van der Waals surface area contributed by atoms with Gasteiger partial charge >= 0.3 is 0 Å². The molecule has 2 rings (SSSR count). The number of amides is 1. The molecule has 1 unspecified atom stereocenters. The zero-order valence-corrected chi connectivity index (χ0v) is 14.4. The number of H-pyrrole nitrogens is 1. The van der Waals surface area contributed by atoms with Gasteiger partial charge in [-0.15, -0.1) is 0 Å². The molecule has 4 nitrogen and oxygen atoms in total. The van der Waals surface area contributed by atoms with E-state index >= 15 is 0 Å². The third-order valence-corrected chi connectivity index (χ3v) is 3.74. The Morgan fingerprint density at radius 2 is 2.10 bits per heavy atom. The van der Waals surface area contributed by atoms with E-state index in [2.05, 4.69) is 26.2 Å². The molecule has 2 aromatic rings. The summed E-state index contributed by atoms with van der Waals surface area (Å²) in [4.78, 5) is 15.5. The fourth-order valence-electron chi connectivity index (χ4n) is 2.08. The normalized spacial score (nSPS) is 13.4. The number of benzene rings is 1. The molecule has 108 valence electrons. The van der Waals surface area contributed by atoms with E-state index in [-0.39, 0.29) is 17.5 Å². The zero-order chi connectivity index (χ0) is 15.1. The Balaban J connectivity index is 2.45. The fourth-order valence-corrected chi connectivity index (χ4v) is 2.81. The first-order valence-corrected chi connectivity index (χ1v) is 7.61. The van der Waals surface area contributed by atoms with Gasteiger partial charge in [0.1, 0.15) is 6.04 Å². The Kier molecular flexibility index (Phi) is 4.07. The van der Waals surface area contributed by atoms with Gasteiger partial charge in [0.2, 0.25) is 5.91 Å². The number of aromatic nitrogens is 2. The second kappa shape index (κ2) is 5.33. The monoisotopic (exact) mass is 355 g/mol. The van der Waals surface area contributed by atoms with Crippen molar-refractivity contribution in [3.05, 3.63) is 27.4 Å². The van der Waals surface area contributed by atoms with Crippen molar-refractivity contribution >= 4 is 45.1 Å². The lowest BCUT2D eigenvalue weighted by molar-refractivity contribution is -0.125. The number of halogens is 1. The maximum atomic E-state index is 12.3. The van der Waals surface area contributed by atoms with Gasteiger partial charge in [-0.2, -0.15) is 0 Å². The van der Waals surface area contributed by atoms with E-state index in [4.69, 9.17) is 12.2 Å². The number of carbonyl (C=O) groups is 1. The van der Waals surface area contributed by atoms with E-state index in [0.29, 0.717) is 4.77 Å². The van der Waals surface area contributed by atoms with Gasteiger partial charge in [-0.1, -0.05) is 15.9 Å². The van der Waals surface area contributed by atoms with E-state index < -0.39 is 0 Å². The van der Waals surface area contributed by atoms with Crippen LogP contribution >= 0.6 is 28.1 Å². The Morgan fingerprint density at radius 1 is 1.45 bits per heavy atom. The van der Waals surface area contributed by atoms with Crippen molar-refractivity contribution in [3.8, 4) is 0 Å². The van der Waals surface area contributed by atoms with Crippen LogP contribution in [0.3, 0.4) is 0 Å². The summed E-state index contributed by atoms with van der Waals surface area (Å²) in [6.07, 6.45) is 0. The number of carbonyl (C=O) groups excluding carboxylic acids is 1. The number of nitrogens with one attached hydrogen (secondary N) is 2. The van der Waals surface area contributed by atoms with Crippen LogP contribution in [0.2, 0.25) is 0 Å². The quantitative estimate of drug-likeness (QED) is 0.801. The third kappa shape index (κ3) is 3.12. The number of rotatable bonds is 2. The van der Waals surface area contributed by atoms with Crippen molar-refractivity contribution in [3.63, 3.8) is 0 Å². The first-order chi connectivity index (χ1) is 9.19. The minimum atomic E-state index is -0.364. The maximum absolute atomic E-state index is 12.3. The van der Waals surface area contributed by atoms with Gasteiger partial charge < -0.3 is 14.9 Å². The Labute approximate surface area is 131 Å². The van der Waals surface area contributed by atoms with Crippen LogP contribution in [-0.4, -0.2) is 21.0 Å². The average Bonchev–Trinajstić information content (AvgIpc) is 2.60. The van der Waals surface area contributed by atoms with Crippen LogP contribution in [0.15, 0.2) is 22.7 Å². The SMILES string of the molecule is CC(C(=O)NC(C)(C)C)n1c(=S)[nH]c2cc(Br)ccc21. The smallest absolute Gasteiger partial charge is 0.243 e. The van der Waals surface area contributed by atoms with Crippen LogP contribution in [0.25, 0.3) is 11.0 Å². The van der Waals surface area contributed by atoms with Crippen molar-refractivity contribution in [1.29, 1.82) is 0 Å². The van der Waals surface area contributed by atoms with Crippen molar-refractivity contribution in [2.45, 2.75) is 39.3 Å². The second-order valence-electron chi connectivity index (χ2n) is 5.88. The van der Waals surface area contributed by atoms with Crippen LogP contribution in [-0.2, 0) is 4.79 Å². The molecule has 2 N–H and O–H groups in total. The number of fused-ring (bicyclic) bond motifs is 1. The number of nitrogens with zero attached hydrogens (tertiary/aromatic N) is 1. The molecule has 6 heteroatoms. The lowest BCUT2D eigenvalue weighted by Crippen LogP contribution is -2.43. The summed E-state index contributed by atoms with van der Waals surface area (Å²) < 4.78 is 3.37. The highest BCUT2D eigenvalue weighted by atomic mass is 79.9. The molecule has 1 aromatic heterocycles. The standard InChI is InChI=1S/C14H18BrN3OS/c1-8(12(19)17-14(2,3)4)18-11-6-5-9(15)7-10(11)16-13(18)20/h5-8H,1-4H3,(H,16,20)(H,17,19). The number of imidazole rings is 1. The molecule has 20 heavy (non-hydrogen) atoms.